The van der Waals surface area contributed by atoms with Crippen LogP contribution >= 0.6 is 15.9 Å². The van der Waals surface area contributed by atoms with Crippen molar-refractivity contribution in [2.75, 3.05) is 18.5 Å². The maximum Gasteiger partial charge on any atom is 0.123 e. The molecule has 0 fully saturated rings. The Morgan fingerprint density at radius 1 is 1.35 bits per heavy atom. The van der Waals surface area contributed by atoms with Crippen LogP contribution in [0.1, 0.15) is 31.2 Å². The minimum atomic E-state index is 0.309. The monoisotopic (exact) mass is 336 g/mol. The summed E-state index contributed by atoms with van der Waals surface area (Å²) in [6, 6.07) is 10.7. The Hall–Kier alpha value is -1.26. The quantitative estimate of drug-likeness (QED) is 0.849. The third-order valence-corrected chi connectivity index (χ3v) is 4.03. The molecule has 1 aromatic carbocycles. The van der Waals surface area contributed by atoms with E-state index in [1.54, 1.807) is 6.26 Å². The lowest BCUT2D eigenvalue weighted by Crippen LogP contribution is -2.25. The van der Waals surface area contributed by atoms with Gasteiger partial charge >= 0.3 is 0 Å². The zero-order chi connectivity index (χ0) is 14.5. The lowest BCUT2D eigenvalue weighted by Gasteiger charge is -2.27. The van der Waals surface area contributed by atoms with E-state index in [0.717, 1.165) is 23.3 Å². The van der Waals surface area contributed by atoms with Crippen LogP contribution in [0.3, 0.4) is 0 Å². The van der Waals surface area contributed by atoms with Crippen LogP contribution in [0.25, 0.3) is 0 Å². The second kappa shape index (κ2) is 6.95. The molecule has 1 heterocycles. The van der Waals surface area contributed by atoms with E-state index in [1.807, 2.05) is 19.2 Å². The molecule has 20 heavy (non-hydrogen) atoms. The van der Waals surface area contributed by atoms with Gasteiger partial charge in [0.1, 0.15) is 5.76 Å². The zero-order valence-electron chi connectivity index (χ0n) is 12.2. The summed E-state index contributed by atoms with van der Waals surface area (Å²) in [4.78, 5) is 2.33. The van der Waals surface area contributed by atoms with Gasteiger partial charge in [0, 0.05) is 22.7 Å². The Morgan fingerprint density at radius 2 is 2.15 bits per heavy atom. The van der Waals surface area contributed by atoms with Gasteiger partial charge in [-0.15, -0.1) is 0 Å². The molecular formula is C16H21BrN2O. The molecule has 1 N–H and O–H groups in total. The predicted octanol–water partition coefficient (Wildman–Crippen LogP) is 4.35. The lowest BCUT2D eigenvalue weighted by molar-refractivity contribution is 0.503. The predicted molar refractivity (Wildman–Crippen MR) is 87.0 cm³/mol. The fourth-order valence-corrected chi connectivity index (χ4v) is 2.62. The Kier molecular flexibility index (Phi) is 5.26. The van der Waals surface area contributed by atoms with Crippen LogP contribution < -0.4 is 10.2 Å². The van der Waals surface area contributed by atoms with Gasteiger partial charge in [0.25, 0.3) is 0 Å². The van der Waals surface area contributed by atoms with Crippen LogP contribution in [-0.4, -0.2) is 13.6 Å². The molecule has 108 valence electrons. The van der Waals surface area contributed by atoms with Crippen molar-refractivity contribution in [2.24, 2.45) is 0 Å². The van der Waals surface area contributed by atoms with Gasteiger partial charge in [-0.3, -0.25) is 0 Å². The first-order chi connectivity index (χ1) is 9.65. The van der Waals surface area contributed by atoms with Crippen molar-refractivity contribution in [3.8, 4) is 0 Å². The van der Waals surface area contributed by atoms with Gasteiger partial charge in [0.15, 0.2) is 0 Å². The Balaban J connectivity index is 2.34. The molecule has 2 aromatic rings. The van der Waals surface area contributed by atoms with Gasteiger partial charge in [0.2, 0.25) is 0 Å². The highest BCUT2D eigenvalue weighted by molar-refractivity contribution is 9.10. The van der Waals surface area contributed by atoms with E-state index in [9.17, 15) is 0 Å². The van der Waals surface area contributed by atoms with E-state index < -0.39 is 0 Å². The van der Waals surface area contributed by atoms with Crippen LogP contribution in [-0.2, 0) is 6.54 Å². The van der Waals surface area contributed by atoms with Gasteiger partial charge in [-0.2, -0.15) is 0 Å². The van der Waals surface area contributed by atoms with Gasteiger partial charge in [0.05, 0.1) is 12.8 Å². The van der Waals surface area contributed by atoms with Crippen LogP contribution in [0.2, 0.25) is 0 Å². The molecule has 1 unspecified atom stereocenters. The smallest absolute Gasteiger partial charge is 0.123 e. The molecule has 0 aliphatic heterocycles. The minimum absolute atomic E-state index is 0.309. The highest BCUT2D eigenvalue weighted by atomic mass is 79.9. The van der Waals surface area contributed by atoms with Crippen molar-refractivity contribution >= 4 is 21.6 Å². The molecule has 4 heteroatoms. The molecule has 0 spiro atoms. The molecule has 0 amide bonds. The van der Waals surface area contributed by atoms with E-state index in [1.165, 1.54) is 11.3 Å². The summed E-state index contributed by atoms with van der Waals surface area (Å²) in [5.74, 6) is 0.981. The van der Waals surface area contributed by atoms with Crippen LogP contribution in [0.4, 0.5) is 5.69 Å². The number of rotatable bonds is 6. The maximum atomic E-state index is 5.48. The SMILES string of the molecule is CCN(Cc1ccco1)c1cc(Br)ccc1C(C)NC. The molecule has 1 atom stereocenters. The third-order valence-electron chi connectivity index (χ3n) is 3.54. The second-order valence-electron chi connectivity index (χ2n) is 4.81. The highest BCUT2D eigenvalue weighted by Crippen LogP contribution is 2.30. The summed E-state index contributed by atoms with van der Waals surface area (Å²) >= 11 is 3.57. The summed E-state index contributed by atoms with van der Waals surface area (Å²) in [6.07, 6.45) is 1.72. The number of nitrogens with one attached hydrogen (secondary N) is 1. The minimum Gasteiger partial charge on any atom is -0.467 e. The van der Waals surface area contributed by atoms with E-state index in [-0.39, 0.29) is 0 Å². The van der Waals surface area contributed by atoms with E-state index in [2.05, 4.69) is 58.2 Å². The first-order valence-corrected chi connectivity index (χ1v) is 7.69. The number of hydrogen-bond donors (Lipinski definition) is 1. The van der Waals surface area contributed by atoms with Crippen molar-refractivity contribution < 1.29 is 4.42 Å². The van der Waals surface area contributed by atoms with Crippen LogP contribution in [0.15, 0.2) is 45.5 Å². The lowest BCUT2D eigenvalue weighted by atomic mass is 10.1. The van der Waals surface area contributed by atoms with Crippen molar-refractivity contribution in [3.63, 3.8) is 0 Å². The Labute approximate surface area is 129 Å². The molecule has 1 aromatic heterocycles. The summed E-state index contributed by atoms with van der Waals surface area (Å²) in [7, 11) is 1.99. The molecule has 3 nitrogen and oxygen atoms in total. The summed E-state index contributed by atoms with van der Waals surface area (Å²) in [6.45, 7) is 6.05. The van der Waals surface area contributed by atoms with Gasteiger partial charge in [-0.25, -0.2) is 0 Å². The normalized spacial score (nSPS) is 12.4. The fourth-order valence-electron chi connectivity index (χ4n) is 2.27. The molecular weight excluding hydrogens is 316 g/mol. The largest absolute Gasteiger partial charge is 0.467 e. The van der Waals surface area contributed by atoms with Crippen molar-refractivity contribution in [1.29, 1.82) is 0 Å². The molecule has 0 aliphatic carbocycles. The number of furan rings is 1. The maximum absolute atomic E-state index is 5.48. The number of hydrogen-bond acceptors (Lipinski definition) is 3. The highest BCUT2D eigenvalue weighted by Gasteiger charge is 2.15. The van der Waals surface area contributed by atoms with E-state index in [4.69, 9.17) is 4.42 Å². The van der Waals surface area contributed by atoms with E-state index >= 15 is 0 Å². The van der Waals surface area contributed by atoms with E-state index in [0.29, 0.717) is 6.04 Å². The number of benzene rings is 1. The first kappa shape index (κ1) is 15.1. The van der Waals surface area contributed by atoms with Gasteiger partial charge < -0.3 is 14.6 Å². The molecule has 0 saturated carbocycles. The van der Waals surface area contributed by atoms with Crippen LogP contribution in [0, 0.1) is 0 Å². The number of anilines is 1. The Bertz CT molecular complexity index is 539. The molecule has 2 rings (SSSR count). The molecule has 0 radical (unpaired) electrons. The topological polar surface area (TPSA) is 28.4 Å². The summed E-state index contributed by atoms with van der Waals surface area (Å²) in [5.41, 5.74) is 2.53. The molecule has 0 aliphatic rings. The average Bonchev–Trinajstić information content (AvgIpc) is 2.97. The summed E-state index contributed by atoms with van der Waals surface area (Å²) in [5, 5.41) is 3.31. The molecule has 0 saturated heterocycles. The fraction of sp³-hybridized carbons (Fsp3) is 0.375. The van der Waals surface area contributed by atoms with Gasteiger partial charge in [-0.1, -0.05) is 22.0 Å². The van der Waals surface area contributed by atoms with Crippen molar-refractivity contribution in [1.82, 2.24) is 5.32 Å². The number of nitrogens with zero attached hydrogens (tertiary/aromatic N) is 1. The third kappa shape index (κ3) is 3.44. The standard InChI is InChI=1S/C16H21BrN2O/c1-4-19(11-14-6-5-9-20-14)16-10-13(17)7-8-15(16)12(2)18-3/h5-10,12,18H,4,11H2,1-3H3. The second-order valence-corrected chi connectivity index (χ2v) is 5.72. The molecule has 0 bridgehead atoms. The Morgan fingerprint density at radius 3 is 2.75 bits per heavy atom. The zero-order valence-corrected chi connectivity index (χ0v) is 13.8. The van der Waals surface area contributed by atoms with Crippen molar-refractivity contribution in [2.45, 2.75) is 26.4 Å². The summed E-state index contributed by atoms with van der Waals surface area (Å²) < 4.78 is 6.57. The first-order valence-electron chi connectivity index (χ1n) is 6.89. The van der Waals surface area contributed by atoms with Gasteiger partial charge in [-0.05, 0) is 50.7 Å². The van der Waals surface area contributed by atoms with Crippen LogP contribution in [0.5, 0.6) is 0 Å². The average molecular weight is 337 g/mol. The van der Waals surface area contributed by atoms with Crippen molar-refractivity contribution in [3.05, 3.63) is 52.4 Å². The number of halogens is 1.